The molecule has 4 heterocycles. The van der Waals surface area contributed by atoms with Gasteiger partial charge in [0.15, 0.2) is 0 Å². The van der Waals surface area contributed by atoms with Gasteiger partial charge in [0, 0.05) is 10.9 Å². The number of aromatic amines is 1. The quantitative estimate of drug-likeness (QED) is 0.555. The van der Waals surface area contributed by atoms with E-state index in [0.29, 0.717) is 4.70 Å². The molecule has 0 amide bonds. The number of aromatic nitrogens is 3. The largest absolute Gasteiger partial charge is 0.472 e. The average Bonchev–Trinajstić information content (AvgIpc) is 3.21. The minimum Gasteiger partial charge on any atom is -0.472 e. The molecule has 0 fully saturated rings. The van der Waals surface area contributed by atoms with E-state index in [4.69, 9.17) is 9.40 Å². The summed E-state index contributed by atoms with van der Waals surface area (Å²) < 4.78 is 5.94. The molecule has 5 nitrogen and oxygen atoms in total. The van der Waals surface area contributed by atoms with E-state index in [1.54, 1.807) is 12.5 Å². The standard InChI is InChI=1S/C19H17N3O2S/c1-19(2)5-3-11-12(7-19)13-15-16(17(23)21-9-20-15)25-18(13)22-14(11)10-4-6-24-8-10/h4,6,8-9H,3,5,7H2,1-2H3,(H,20,21,23). The normalized spacial score (nSPS) is 16.4. The Labute approximate surface area is 147 Å². The summed E-state index contributed by atoms with van der Waals surface area (Å²) in [5, 5.41) is 1.06. The van der Waals surface area contributed by atoms with Gasteiger partial charge >= 0.3 is 0 Å². The summed E-state index contributed by atoms with van der Waals surface area (Å²) >= 11 is 1.42. The van der Waals surface area contributed by atoms with Crippen LogP contribution in [0, 0.1) is 5.41 Å². The summed E-state index contributed by atoms with van der Waals surface area (Å²) in [5.41, 5.74) is 5.46. The number of hydrogen-bond donors (Lipinski definition) is 1. The lowest BCUT2D eigenvalue weighted by molar-refractivity contribution is 0.317. The number of furan rings is 1. The summed E-state index contributed by atoms with van der Waals surface area (Å²) in [6.07, 6.45) is 7.97. The zero-order chi connectivity index (χ0) is 17.2. The molecule has 5 rings (SSSR count). The Morgan fingerprint density at radius 3 is 3.00 bits per heavy atom. The summed E-state index contributed by atoms with van der Waals surface area (Å²) in [6, 6.07) is 1.95. The SMILES string of the molecule is CC1(C)CCc2c(-c3ccoc3)nc3sc4c(=O)[nH]cnc4c3c2C1. The molecule has 1 aliphatic rings. The van der Waals surface area contributed by atoms with Crippen molar-refractivity contribution in [2.75, 3.05) is 0 Å². The van der Waals surface area contributed by atoms with Gasteiger partial charge in [-0.15, -0.1) is 11.3 Å². The van der Waals surface area contributed by atoms with Crippen LogP contribution in [0.1, 0.15) is 31.4 Å². The van der Waals surface area contributed by atoms with E-state index in [1.807, 2.05) is 6.07 Å². The number of fused-ring (bicyclic) bond motifs is 5. The maximum absolute atomic E-state index is 12.2. The fourth-order valence-corrected chi connectivity index (χ4v) is 4.91. The predicted molar refractivity (Wildman–Crippen MR) is 99.0 cm³/mol. The summed E-state index contributed by atoms with van der Waals surface area (Å²) in [5.74, 6) is 0. The first-order valence-electron chi connectivity index (χ1n) is 8.38. The summed E-state index contributed by atoms with van der Waals surface area (Å²) in [6.45, 7) is 4.60. The molecule has 4 aromatic rings. The van der Waals surface area contributed by atoms with Crippen molar-refractivity contribution in [3.05, 3.63) is 46.4 Å². The van der Waals surface area contributed by atoms with Crippen LogP contribution in [-0.2, 0) is 12.8 Å². The van der Waals surface area contributed by atoms with Gasteiger partial charge in [0.1, 0.15) is 9.53 Å². The van der Waals surface area contributed by atoms with Crippen molar-refractivity contribution in [3.63, 3.8) is 0 Å². The van der Waals surface area contributed by atoms with Crippen LogP contribution in [0.3, 0.4) is 0 Å². The Morgan fingerprint density at radius 2 is 2.20 bits per heavy atom. The molecular formula is C19H17N3O2S. The molecule has 0 radical (unpaired) electrons. The van der Waals surface area contributed by atoms with Crippen molar-refractivity contribution in [1.29, 1.82) is 0 Å². The van der Waals surface area contributed by atoms with Crippen LogP contribution in [0.25, 0.3) is 31.7 Å². The molecular weight excluding hydrogens is 334 g/mol. The van der Waals surface area contributed by atoms with Crippen LogP contribution < -0.4 is 5.56 Å². The lowest BCUT2D eigenvalue weighted by atomic mass is 9.73. The van der Waals surface area contributed by atoms with Crippen LogP contribution in [0.15, 0.2) is 34.1 Å². The smallest absolute Gasteiger partial charge is 0.268 e. The maximum Gasteiger partial charge on any atom is 0.268 e. The van der Waals surface area contributed by atoms with Crippen molar-refractivity contribution in [2.24, 2.45) is 5.41 Å². The van der Waals surface area contributed by atoms with E-state index in [-0.39, 0.29) is 11.0 Å². The highest BCUT2D eigenvalue weighted by Gasteiger charge is 2.31. The molecule has 0 bridgehead atoms. The first kappa shape index (κ1) is 14.8. The van der Waals surface area contributed by atoms with Gasteiger partial charge in [-0.25, -0.2) is 9.97 Å². The van der Waals surface area contributed by atoms with E-state index in [9.17, 15) is 4.79 Å². The highest BCUT2D eigenvalue weighted by molar-refractivity contribution is 7.25. The number of nitrogens with one attached hydrogen (secondary N) is 1. The lowest BCUT2D eigenvalue weighted by Crippen LogP contribution is -2.23. The zero-order valence-electron chi connectivity index (χ0n) is 14.0. The monoisotopic (exact) mass is 351 g/mol. The van der Waals surface area contributed by atoms with Crippen LogP contribution in [0.2, 0.25) is 0 Å². The van der Waals surface area contributed by atoms with E-state index >= 15 is 0 Å². The second-order valence-electron chi connectivity index (χ2n) is 7.46. The second-order valence-corrected chi connectivity index (χ2v) is 8.46. The number of thiophene rings is 1. The highest BCUT2D eigenvalue weighted by Crippen LogP contribution is 2.44. The van der Waals surface area contributed by atoms with Crippen molar-refractivity contribution in [1.82, 2.24) is 15.0 Å². The zero-order valence-corrected chi connectivity index (χ0v) is 14.9. The summed E-state index contributed by atoms with van der Waals surface area (Å²) in [7, 11) is 0. The first-order chi connectivity index (χ1) is 12.0. The first-order valence-corrected chi connectivity index (χ1v) is 9.19. The molecule has 126 valence electrons. The molecule has 0 unspecified atom stereocenters. The number of hydrogen-bond acceptors (Lipinski definition) is 5. The van der Waals surface area contributed by atoms with Gasteiger partial charge in [0.25, 0.3) is 5.56 Å². The molecule has 1 N–H and O–H groups in total. The van der Waals surface area contributed by atoms with Gasteiger partial charge in [0.2, 0.25) is 0 Å². The minimum atomic E-state index is -0.0957. The molecule has 0 atom stereocenters. The van der Waals surface area contributed by atoms with Crippen molar-refractivity contribution >= 4 is 31.8 Å². The molecule has 1 aliphatic carbocycles. The maximum atomic E-state index is 12.2. The van der Waals surface area contributed by atoms with Crippen molar-refractivity contribution in [2.45, 2.75) is 33.1 Å². The summed E-state index contributed by atoms with van der Waals surface area (Å²) in [4.78, 5) is 25.2. The van der Waals surface area contributed by atoms with Gasteiger partial charge in [0.05, 0.1) is 30.1 Å². The van der Waals surface area contributed by atoms with Crippen LogP contribution in [0.4, 0.5) is 0 Å². The Balaban J connectivity index is 1.95. The van der Waals surface area contributed by atoms with Crippen LogP contribution in [-0.4, -0.2) is 15.0 Å². The number of pyridine rings is 1. The average molecular weight is 351 g/mol. The number of H-pyrrole nitrogens is 1. The van der Waals surface area contributed by atoms with Gasteiger partial charge in [-0.1, -0.05) is 13.8 Å². The van der Waals surface area contributed by atoms with Gasteiger partial charge in [-0.05, 0) is 41.9 Å². The van der Waals surface area contributed by atoms with E-state index in [0.717, 1.165) is 46.3 Å². The highest BCUT2D eigenvalue weighted by atomic mass is 32.1. The fourth-order valence-electron chi connectivity index (χ4n) is 3.86. The van der Waals surface area contributed by atoms with Gasteiger partial charge in [-0.2, -0.15) is 0 Å². The Hall–Kier alpha value is -2.47. The van der Waals surface area contributed by atoms with Crippen LogP contribution >= 0.6 is 11.3 Å². The second kappa shape index (κ2) is 5.02. The molecule has 0 spiro atoms. The third-order valence-corrected chi connectivity index (χ3v) is 6.20. The molecule has 0 saturated heterocycles. The van der Waals surface area contributed by atoms with Crippen molar-refractivity contribution < 1.29 is 4.42 Å². The Kier molecular flexibility index (Phi) is 2.98. The number of nitrogens with zero attached hydrogens (tertiary/aromatic N) is 2. The Morgan fingerprint density at radius 1 is 1.32 bits per heavy atom. The van der Waals surface area contributed by atoms with E-state index < -0.39 is 0 Å². The van der Waals surface area contributed by atoms with E-state index in [2.05, 4.69) is 23.8 Å². The van der Waals surface area contributed by atoms with Crippen LogP contribution in [0.5, 0.6) is 0 Å². The molecule has 4 aromatic heterocycles. The van der Waals surface area contributed by atoms with Gasteiger partial charge < -0.3 is 9.40 Å². The Bertz CT molecular complexity index is 1170. The van der Waals surface area contributed by atoms with Crippen molar-refractivity contribution in [3.8, 4) is 11.3 Å². The fraction of sp³-hybridized carbons (Fsp3) is 0.316. The molecule has 25 heavy (non-hydrogen) atoms. The lowest BCUT2D eigenvalue weighted by Gasteiger charge is -2.32. The number of rotatable bonds is 1. The third kappa shape index (κ3) is 2.17. The predicted octanol–water partition coefficient (Wildman–Crippen LogP) is 4.31. The van der Waals surface area contributed by atoms with E-state index in [1.165, 1.54) is 28.8 Å². The topological polar surface area (TPSA) is 71.8 Å². The third-order valence-electron chi connectivity index (χ3n) is 5.13. The van der Waals surface area contributed by atoms with Gasteiger partial charge in [-0.3, -0.25) is 4.79 Å². The molecule has 0 saturated carbocycles. The molecule has 6 heteroatoms. The molecule has 0 aliphatic heterocycles. The molecule has 0 aromatic carbocycles. The minimum absolute atomic E-state index is 0.0957.